The highest BCUT2D eigenvalue weighted by atomic mass is 127. The second-order valence-electron chi connectivity index (χ2n) is 4.27. The molecule has 0 aliphatic heterocycles. The first-order valence-corrected chi connectivity index (χ1v) is 7.23. The first kappa shape index (κ1) is 14.1. The van der Waals surface area contributed by atoms with Crippen LogP contribution in [0.1, 0.15) is 28.4 Å². The van der Waals surface area contributed by atoms with E-state index >= 15 is 0 Å². The van der Waals surface area contributed by atoms with Gasteiger partial charge in [0.05, 0.1) is 12.2 Å². The van der Waals surface area contributed by atoms with E-state index < -0.39 is 0 Å². The Morgan fingerprint density at radius 2 is 2.00 bits per heavy atom. The molecule has 0 radical (unpaired) electrons. The topological polar surface area (TPSA) is 26.3 Å². The standard InChI is InChI=1S/C16H15IO2/c1-3-19-15-8-7-11(2)9-14(15)16(18)12-5-4-6-13(17)10-12/h4-10H,3H2,1-2H3. The predicted molar refractivity (Wildman–Crippen MR) is 84.9 cm³/mol. The summed E-state index contributed by atoms with van der Waals surface area (Å²) in [5, 5.41) is 0. The van der Waals surface area contributed by atoms with Crippen molar-refractivity contribution in [2.45, 2.75) is 13.8 Å². The van der Waals surface area contributed by atoms with Gasteiger partial charge < -0.3 is 4.74 Å². The van der Waals surface area contributed by atoms with Crippen molar-refractivity contribution in [2.24, 2.45) is 0 Å². The van der Waals surface area contributed by atoms with Gasteiger partial charge in [0.2, 0.25) is 0 Å². The summed E-state index contributed by atoms with van der Waals surface area (Å²) in [4.78, 5) is 12.6. The highest BCUT2D eigenvalue weighted by Crippen LogP contribution is 2.24. The summed E-state index contributed by atoms with van der Waals surface area (Å²) < 4.78 is 6.59. The van der Waals surface area contributed by atoms with Crippen LogP contribution in [0.5, 0.6) is 5.75 Å². The fraction of sp³-hybridized carbons (Fsp3) is 0.188. The molecule has 2 nitrogen and oxygen atoms in total. The summed E-state index contributed by atoms with van der Waals surface area (Å²) in [5.74, 6) is 0.655. The minimum atomic E-state index is 0.00525. The Bertz CT molecular complexity index is 605. The third-order valence-corrected chi connectivity index (χ3v) is 3.44. The van der Waals surface area contributed by atoms with Crippen LogP contribution in [0.4, 0.5) is 0 Å². The number of halogens is 1. The summed E-state index contributed by atoms with van der Waals surface area (Å²) in [6.07, 6.45) is 0. The maximum absolute atomic E-state index is 12.6. The Morgan fingerprint density at radius 1 is 1.21 bits per heavy atom. The summed E-state index contributed by atoms with van der Waals surface area (Å²) in [5.41, 5.74) is 2.37. The molecule has 19 heavy (non-hydrogen) atoms. The fourth-order valence-corrected chi connectivity index (χ4v) is 2.43. The van der Waals surface area contributed by atoms with E-state index in [1.807, 2.05) is 56.3 Å². The molecule has 0 atom stereocenters. The van der Waals surface area contributed by atoms with Crippen molar-refractivity contribution in [1.82, 2.24) is 0 Å². The van der Waals surface area contributed by atoms with E-state index in [9.17, 15) is 4.79 Å². The number of aryl methyl sites for hydroxylation is 1. The minimum absolute atomic E-state index is 0.00525. The zero-order valence-electron chi connectivity index (χ0n) is 10.9. The number of hydrogen-bond acceptors (Lipinski definition) is 2. The number of ketones is 1. The third kappa shape index (κ3) is 3.35. The number of carbonyl (C=O) groups excluding carboxylic acids is 1. The molecule has 2 aromatic rings. The van der Waals surface area contributed by atoms with Gasteiger partial charge in [-0.15, -0.1) is 0 Å². The second kappa shape index (κ2) is 6.19. The second-order valence-corrected chi connectivity index (χ2v) is 5.52. The number of benzene rings is 2. The van der Waals surface area contributed by atoms with E-state index in [4.69, 9.17) is 4.74 Å². The van der Waals surface area contributed by atoms with Gasteiger partial charge in [0.1, 0.15) is 5.75 Å². The van der Waals surface area contributed by atoms with Gasteiger partial charge in [0, 0.05) is 9.13 Å². The normalized spacial score (nSPS) is 10.3. The fourth-order valence-electron chi connectivity index (χ4n) is 1.89. The lowest BCUT2D eigenvalue weighted by Crippen LogP contribution is -2.06. The molecule has 0 N–H and O–H groups in total. The largest absolute Gasteiger partial charge is 0.493 e. The lowest BCUT2D eigenvalue weighted by molar-refractivity contribution is 0.103. The Hall–Kier alpha value is -1.36. The average Bonchev–Trinajstić information content (AvgIpc) is 2.40. The molecule has 2 aromatic carbocycles. The van der Waals surface area contributed by atoms with Crippen LogP contribution in [0.3, 0.4) is 0 Å². The van der Waals surface area contributed by atoms with Gasteiger partial charge in [-0.2, -0.15) is 0 Å². The Labute approximate surface area is 126 Å². The Kier molecular flexibility index (Phi) is 4.58. The van der Waals surface area contributed by atoms with E-state index in [1.54, 1.807) is 0 Å². The van der Waals surface area contributed by atoms with Crippen LogP contribution in [-0.2, 0) is 0 Å². The predicted octanol–water partition coefficient (Wildman–Crippen LogP) is 4.23. The van der Waals surface area contributed by atoms with Gasteiger partial charge >= 0.3 is 0 Å². The van der Waals surface area contributed by atoms with Gasteiger partial charge in [-0.05, 0) is 60.7 Å². The molecular weight excluding hydrogens is 351 g/mol. The first-order valence-electron chi connectivity index (χ1n) is 6.15. The molecule has 0 aliphatic rings. The third-order valence-electron chi connectivity index (χ3n) is 2.77. The summed E-state index contributed by atoms with van der Waals surface area (Å²) in [6, 6.07) is 13.3. The van der Waals surface area contributed by atoms with Gasteiger partial charge in [-0.1, -0.05) is 23.8 Å². The smallest absolute Gasteiger partial charge is 0.196 e. The lowest BCUT2D eigenvalue weighted by atomic mass is 10.0. The average molecular weight is 366 g/mol. The maximum Gasteiger partial charge on any atom is 0.196 e. The molecule has 3 heteroatoms. The van der Waals surface area contributed by atoms with Crippen molar-refractivity contribution in [2.75, 3.05) is 6.61 Å². The molecule has 0 spiro atoms. The van der Waals surface area contributed by atoms with Crippen molar-refractivity contribution in [3.8, 4) is 5.75 Å². The molecule has 0 saturated heterocycles. The summed E-state index contributed by atoms with van der Waals surface area (Å²) >= 11 is 2.21. The zero-order chi connectivity index (χ0) is 13.8. The van der Waals surface area contributed by atoms with Crippen molar-refractivity contribution < 1.29 is 9.53 Å². The SMILES string of the molecule is CCOc1ccc(C)cc1C(=O)c1cccc(I)c1. The quantitative estimate of drug-likeness (QED) is 0.598. The molecule has 0 heterocycles. The van der Waals surface area contributed by atoms with Crippen LogP contribution in [0.25, 0.3) is 0 Å². The van der Waals surface area contributed by atoms with Gasteiger partial charge in [-0.25, -0.2) is 0 Å². The van der Waals surface area contributed by atoms with Gasteiger partial charge in [-0.3, -0.25) is 4.79 Å². The van der Waals surface area contributed by atoms with Crippen molar-refractivity contribution in [1.29, 1.82) is 0 Å². The molecule has 0 aliphatic carbocycles. The number of hydrogen-bond donors (Lipinski definition) is 0. The van der Waals surface area contributed by atoms with E-state index in [0.717, 1.165) is 9.13 Å². The molecule has 98 valence electrons. The Balaban J connectivity index is 2.45. The molecule has 0 saturated carbocycles. The number of rotatable bonds is 4. The van der Waals surface area contributed by atoms with Crippen LogP contribution in [-0.4, -0.2) is 12.4 Å². The van der Waals surface area contributed by atoms with Crippen LogP contribution in [0.15, 0.2) is 42.5 Å². The van der Waals surface area contributed by atoms with Crippen molar-refractivity contribution in [3.63, 3.8) is 0 Å². The van der Waals surface area contributed by atoms with Gasteiger partial charge in [0.25, 0.3) is 0 Å². The van der Waals surface area contributed by atoms with Crippen LogP contribution >= 0.6 is 22.6 Å². The first-order chi connectivity index (χ1) is 9.11. The number of carbonyl (C=O) groups is 1. The van der Waals surface area contributed by atoms with E-state index in [2.05, 4.69) is 22.6 Å². The van der Waals surface area contributed by atoms with E-state index in [-0.39, 0.29) is 5.78 Å². The van der Waals surface area contributed by atoms with Gasteiger partial charge in [0.15, 0.2) is 5.78 Å². The molecule has 0 unspecified atom stereocenters. The monoisotopic (exact) mass is 366 g/mol. The minimum Gasteiger partial charge on any atom is -0.493 e. The number of ether oxygens (including phenoxy) is 1. The molecular formula is C16H15IO2. The maximum atomic E-state index is 12.6. The Morgan fingerprint density at radius 3 is 2.68 bits per heavy atom. The highest BCUT2D eigenvalue weighted by molar-refractivity contribution is 14.1. The van der Waals surface area contributed by atoms with E-state index in [1.165, 1.54) is 0 Å². The van der Waals surface area contributed by atoms with Crippen LogP contribution in [0.2, 0.25) is 0 Å². The highest BCUT2D eigenvalue weighted by Gasteiger charge is 2.15. The molecule has 0 fully saturated rings. The summed E-state index contributed by atoms with van der Waals surface area (Å²) in [6.45, 7) is 4.44. The van der Waals surface area contributed by atoms with E-state index in [0.29, 0.717) is 23.5 Å². The zero-order valence-corrected chi connectivity index (χ0v) is 13.1. The van der Waals surface area contributed by atoms with Crippen molar-refractivity contribution >= 4 is 28.4 Å². The summed E-state index contributed by atoms with van der Waals surface area (Å²) in [7, 11) is 0. The molecule has 2 rings (SSSR count). The molecule has 0 amide bonds. The molecule has 0 bridgehead atoms. The van der Waals surface area contributed by atoms with Crippen LogP contribution in [0, 0.1) is 10.5 Å². The molecule has 0 aromatic heterocycles. The lowest BCUT2D eigenvalue weighted by Gasteiger charge is -2.10. The van der Waals surface area contributed by atoms with Crippen molar-refractivity contribution in [3.05, 3.63) is 62.7 Å². The van der Waals surface area contributed by atoms with Crippen LogP contribution < -0.4 is 4.74 Å².